The number of ether oxygens (including phenoxy) is 1. The summed E-state index contributed by atoms with van der Waals surface area (Å²) >= 11 is 11.8. The van der Waals surface area contributed by atoms with Crippen molar-refractivity contribution in [3.8, 4) is 0 Å². The summed E-state index contributed by atoms with van der Waals surface area (Å²) in [5.41, 5.74) is 0.536. The van der Waals surface area contributed by atoms with Gasteiger partial charge in [0.05, 0.1) is 17.0 Å². The minimum Gasteiger partial charge on any atom is -0.378 e. The first-order chi connectivity index (χ1) is 7.59. The third kappa shape index (κ3) is 2.24. The molecule has 0 spiro atoms. The second-order valence-electron chi connectivity index (χ2n) is 3.96. The van der Waals surface area contributed by atoms with Crippen LogP contribution in [0.4, 0.5) is 0 Å². The standard InChI is InChI=1S/C12H12Cl2O2/c1-7-9(4-5-16-7)12(15)10-3-2-8(13)6-11(10)14/h2-3,6-7,9H,4-5H2,1H3. The van der Waals surface area contributed by atoms with Crippen LogP contribution in [0.5, 0.6) is 0 Å². The molecule has 1 aromatic rings. The van der Waals surface area contributed by atoms with Crippen LogP contribution < -0.4 is 0 Å². The molecule has 2 atom stereocenters. The normalized spacial score (nSPS) is 24.7. The first kappa shape index (κ1) is 11.9. The van der Waals surface area contributed by atoms with Gasteiger partial charge in [-0.3, -0.25) is 4.79 Å². The van der Waals surface area contributed by atoms with E-state index in [9.17, 15) is 4.79 Å². The number of Topliss-reactive ketones (excluding diaryl/α,β-unsaturated/α-hetero) is 1. The van der Waals surface area contributed by atoms with Crippen LogP contribution in [0.15, 0.2) is 18.2 Å². The minimum absolute atomic E-state index is 0.0285. The van der Waals surface area contributed by atoms with E-state index in [4.69, 9.17) is 27.9 Å². The topological polar surface area (TPSA) is 26.3 Å². The lowest BCUT2D eigenvalue weighted by atomic mass is 9.92. The number of carbonyl (C=O) groups is 1. The van der Waals surface area contributed by atoms with Crippen molar-refractivity contribution >= 4 is 29.0 Å². The van der Waals surface area contributed by atoms with Gasteiger partial charge in [-0.1, -0.05) is 23.2 Å². The van der Waals surface area contributed by atoms with Gasteiger partial charge in [0.25, 0.3) is 0 Å². The van der Waals surface area contributed by atoms with Crippen LogP contribution >= 0.6 is 23.2 Å². The van der Waals surface area contributed by atoms with E-state index < -0.39 is 0 Å². The van der Waals surface area contributed by atoms with E-state index in [1.165, 1.54) is 0 Å². The zero-order chi connectivity index (χ0) is 11.7. The lowest BCUT2D eigenvalue weighted by Crippen LogP contribution is -2.21. The number of benzene rings is 1. The van der Waals surface area contributed by atoms with E-state index in [0.717, 1.165) is 6.42 Å². The van der Waals surface area contributed by atoms with Crippen LogP contribution in [-0.2, 0) is 4.74 Å². The molecule has 2 rings (SSSR count). The van der Waals surface area contributed by atoms with E-state index in [2.05, 4.69) is 0 Å². The SMILES string of the molecule is CC1OCCC1C(=O)c1ccc(Cl)cc1Cl. The Bertz CT molecular complexity index is 417. The lowest BCUT2D eigenvalue weighted by molar-refractivity contribution is 0.0764. The second-order valence-corrected chi connectivity index (χ2v) is 4.80. The first-order valence-corrected chi connectivity index (χ1v) is 5.96. The maximum absolute atomic E-state index is 12.2. The van der Waals surface area contributed by atoms with Crippen LogP contribution in [0, 0.1) is 5.92 Å². The van der Waals surface area contributed by atoms with E-state index in [-0.39, 0.29) is 17.8 Å². The van der Waals surface area contributed by atoms with Crippen molar-refractivity contribution in [1.82, 2.24) is 0 Å². The summed E-state index contributed by atoms with van der Waals surface area (Å²) in [6.45, 7) is 2.56. The summed E-state index contributed by atoms with van der Waals surface area (Å²) in [5, 5.41) is 0.953. The van der Waals surface area contributed by atoms with Crippen LogP contribution in [0.3, 0.4) is 0 Å². The van der Waals surface area contributed by atoms with Crippen molar-refractivity contribution in [1.29, 1.82) is 0 Å². The van der Waals surface area contributed by atoms with Gasteiger partial charge in [0.1, 0.15) is 0 Å². The number of carbonyl (C=O) groups excluding carboxylic acids is 1. The number of hydrogen-bond acceptors (Lipinski definition) is 2. The third-order valence-corrected chi connectivity index (χ3v) is 3.46. The molecule has 0 amide bonds. The molecule has 0 aliphatic carbocycles. The van der Waals surface area contributed by atoms with Gasteiger partial charge in [-0.2, -0.15) is 0 Å². The number of halogens is 2. The fraction of sp³-hybridized carbons (Fsp3) is 0.417. The van der Waals surface area contributed by atoms with Crippen LogP contribution in [0.1, 0.15) is 23.7 Å². The van der Waals surface area contributed by atoms with Gasteiger partial charge in [-0.15, -0.1) is 0 Å². The average molecular weight is 259 g/mol. The van der Waals surface area contributed by atoms with Gasteiger partial charge in [-0.25, -0.2) is 0 Å². The van der Waals surface area contributed by atoms with Gasteiger partial charge >= 0.3 is 0 Å². The highest BCUT2D eigenvalue weighted by Gasteiger charge is 2.32. The van der Waals surface area contributed by atoms with Crippen molar-refractivity contribution in [2.75, 3.05) is 6.61 Å². The number of hydrogen-bond donors (Lipinski definition) is 0. The highest BCUT2D eigenvalue weighted by molar-refractivity contribution is 6.36. The zero-order valence-electron chi connectivity index (χ0n) is 8.87. The predicted molar refractivity (Wildman–Crippen MR) is 64.3 cm³/mol. The highest BCUT2D eigenvalue weighted by atomic mass is 35.5. The summed E-state index contributed by atoms with van der Waals surface area (Å²) < 4.78 is 5.38. The summed E-state index contributed by atoms with van der Waals surface area (Å²) in [7, 11) is 0. The fourth-order valence-corrected chi connectivity index (χ4v) is 2.47. The Morgan fingerprint density at radius 1 is 1.44 bits per heavy atom. The summed E-state index contributed by atoms with van der Waals surface area (Å²) in [5.74, 6) is -0.0367. The largest absolute Gasteiger partial charge is 0.378 e. The van der Waals surface area contributed by atoms with Gasteiger partial charge in [-0.05, 0) is 31.5 Å². The van der Waals surface area contributed by atoms with Crippen molar-refractivity contribution in [3.05, 3.63) is 33.8 Å². The van der Waals surface area contributed by atoms with Crippen molar-refractivity contribution in [3.63, 3.8) is 0 Å². The van der Waals surface area contributed by atoms with Crippen LogP contribution in [-0.4, -0.2) is 18.5 Å². The maximum Gasteiger partial charge on any atom is 0.170 e. The number of ketones is 1. The molecule has 0 bridgehead atoms. The van der Waals surface area contributed by atoms with Crippen LogP contribution in [0.2, 0.25) is 10.0 Å². The predicted octanol–water partition coefficient (Wildman–Crippen LogP) is 3.60. The molecule has 4 heteroatoms. The van der Waals surface area contributed by atoms with E-state index in [1.807, 2.05) is 6.92 Å². The molecule has 1 aliphatic rings. The monoisotopic (exact) mass is 258 g/mol. The van der Waals surface area contributed by atoms with E-state index in [0.29, 0.717) is 22.2 Å². The van der Waals surface area contributed by atoms with Gasteiger partial charge in [0.2, 0.25) is 0 Å². The molecular weight excluding hydrogens is 247 g/mol. The summed E-state index contributed by atoms with van der Waals surface area (Å²) in [6, 6.07) is 4.95. The molecule has 1 fully saturated rings. The molecular formula is C12H12Cl2O2. The van der Waals surface area contributed by atoms with Crippen molar-refractivity contribution in [2.45, 2.75) is 19.4 Å². The smallest absolute Gasteiger partial charge is 0.170 e. The molecule has 0 N–H and O–H groups in total. The Kier molecular flexibility index (Phi) is 3.53. The molecule has 0 aromatic heterocycles. The van der Waals surface area contributed by atoms with E-state index >= 15 is 0 Å². The quantitative estimate of drug-likeness (QED) is 0.758. The molecule has 1 aromatic carbocycles. The maximum atomic E-state index is 12.2. The molecule has 16 heavy (non-hydrogen) atoms. The molecule has 86 valence electrons. The first-order valence-electron chi connectivity index (χ1n) is 5.20. The van der Waals surface area contributed by atoms with Crippen molar-refractivity contribution in [2.24, 2.45) is 5.92 Å². The van der Waals surface area contributed by atoms with Gasteiger partial charge < -0.3 is 4.74 Å². The Morgan fingerprint density at radius 3 is 2.75 bits per heavy atom. The molecule has 1 heterocycles. The molecule has 1 saturated heterocycles. The molecule has 0 saturated carbocycles. The van der Waals surface area contributed by atoms with Crippen molar-refractivity contribution < 1.29 is 9.53 Å². The van der Waals surface area contributed by atoms with Gasteiger partial charge in [0, 0.05) is 17.2 Å². The van der Waals surface area contributed by atoms with E-state index in [1.54, 1.807) is 18.2 Å². The summed E-state index contributed by atoms with van der Waals surface area (Å²) in [6.07, 6.45) is 0.734. The fourth-order valence-electron chi connectivity index (χ4n) is 1.97. The number of rotatable bonds is 2. The Balaban J connectivity index is 2.27. The Morgan fingerprint density at radius 2 is 2.19 bits per heavy atom. The second kappa shape index (κ2) is 4.74. The molecule has 2 unspecified atom stereocenters. The van der Waals surface area contributed by atoms with Crippen LogP contribution in [0.25, 0.3) is 0 Å². The summed E-state index contributed by atoms with van der Waals surface area (Å²) in [4.78, 5) is 12.2. The van der Waals surface area contributed by atoms with Gasteiger partial charge in [0.15, 0.2) is 5.78 Å². The minimum atomic E-state index is -0.0846. The molecule has 0 radical (unpaired) electrons. The highest BCUT2D eigenvalue weighted by Crippen LogP contribution is 2.29. The zero-order valence-corrected chi connectivity index (χ0v) is 10.4. The third-order valence-electron chi connectivity index (χ3n) is 2.91. The molecule has 1 aliphatic heterocycles. The average Bonchev–Trinajstić information content (AvgIpc) is 2.63. The Labute approximate surface area is 104 Å². The lowest BCUT2D eigenvalue weighted by Gasteiger charge is -2.13. The Hall–Kier alpha value is -0.570. The molecule has 2 nitrogen and oxygen atoms in total.